The Bertz CT molecular complexity index is 871. The van der Waals surface area contributed by atoms with Gasteiger partial charge in [0.05, 0.1) is 6.04 Å². The molecule has 0 saturated heterocycles. The Kier molecular flexibility index (Phi) is 4.81. The Morgan fingerprint density at radius 2 is 1.68 bits per heavy atom. The predicted octanol–water partition coefficient (Wildman–Crippen LogP) is 2.87. The van der Waals surface area contributed by atoms with Gasteiger partial charge in [-0.15, -0.1) is 0 Å². The highest BCUT2D eigenvalue weighted by atomic mass is 15.3. The molecular formula is C19H24N6. The van der Waals surface area contributed by atoms with Gasteiger partial charge in [-0.2, -0.15) is 15.0 Å². The Labute approximate surface area is 148 Å². The van der Waals surface area contributed by atoms with Crippen molar-refractivity contribution in [1.29, 1.82) is 0 Å². The molecule has 2 aromatic carbocycles. The molecule has 130 valence electrons. The van der Waals surface area contributed by atoms with Gasteiger partial charge in [0, 0.05) is 20.6 Å². The van der Waals surface area contributed by atoms with Crippen LogP contribution in [0, 0.1) is 0 Å². The number of hydrogen-bond acceptors (Lipinski definition) is 6. The normalized spacial score (nSPS) is 12.5. The third-order valence-electron chi connectivity index (χ3n) is 4.39. The van der Waals surface area contributed by atoms with Crippen LogP contribution in [0.15, 0.2) is 42.5 Å². The summed E-state index contributed by atoms with van der Waals surface area (Å²) < 4.78 is 0. The van der Waals surface area contributed by atoms with Crippen molar-refractivity contribution < 1.29 is 0 Å². The summed E-state index contributed by atoms with van der Waals surface area (Å²) in [5.74, 6) is 1.51. The fourth-order valence-electron chi connectivity index (χ4n) is 2.82. The van der Waals surface area contributed by atoms with Crippen molar-refractivity contribution in [2.75, 3.05) is 31.8 Å². The lowest BCUT2D eigenvalue weighted by molar-refractivity contribution is 0.244. The highest BCUT2D eigenvalue weighted by Gasteiger charge is 2.18. The van der Waals surface area contributed by atoms with Crippen LogP contribution in [-0.2, 0) is 6.54 Å². The molecule has 0 aliphatic rings. The monoisotopic (exact) mass is 336 g/mol. The summed E-state index contributed by atoms with van der Waals surface area (Å²) in [6.07, 6.45) is 0. The van der Waals surface area contributed by atoms with Crippen molar-refractivity contribution in [1.82, 2.24) is 19.9 Å². The van der Waals surface area contributed by atoms with E-state index in [1.807, 2.05) is 19.0 Å². The minimum absolute atomic E-state index is 0.0166. The first-order chi connectivity index (χ1) is 12.0. The summed E-state index contributed by atoms with van der Waals surface area (Å²) in [7, 11) is 5.85. The molecule has 0 amide bonds. The standard InChI is InChI=1S/C19H24N6/c1-13(17-21-18(20)23-19(22-17)24(2)3)25(4)12-15-10-7-9-14-8-5-6-11-16(14)15/h5-11,13H,12H2,1-4H3,(H2,20,21,22,23)/t13-/m1/s1. The number of fused-ring (bicyclic) bond motifs is 1. The average Bonchev–Trinajstić information content (AvgIpc) is 2.60. The lowest BCUT2D eigenvalue weighted by Crippen LogP contribution is -2.25. The lowest BCUT2D eigenvalue weighted by Gasteiger charge is -2.25. The lowest BCUT2D eigenvalue weighted by atomic mass is 10.0. The molecule has 3 aromatic rings. The summed E-state index contributed by atoms with van der Waals surface area (Å²) >= 11 is 0. The van der Waals surface area contributed by atoms with Crippen molar-refractivity contribution in [3.8, 4) is 0 Å². The van der Waals surface area contributed by atoms with E-state index in [1.54, 1.807) is 0 Å². The first-order valence-corrected chi connectivity index (χ1v) is 8.31. The van der Waals surface area contributed by atoms with Gasteiger partial charge in [-0.1, -0.05) is 42.5 Å². The second kappa shape index (κ2) is 7.03. The van der Waals surface area contributed by atoms with Crippen LogP contribution in [0.1, 0.15) is 24.4 Å². The molecule has 0 aliphatic heterocycles. The van der Waals surface area contributed by atoms with Crippen LogP contribution in [0.4, 0.5) is 11.9 Å². The fourth-order valence-corrected chi connectivity index (χ4v) is 2.82. The molecule has 0 bridgehead atoms. The van der Waals surface area contributed by atoms with Gasteiger partial charge in [0.2, 0.25) is 11.9 Å². The first-order valence-electron chi connectivity index (χ1n) is 8.31. The molecule has 1 heterocycles. The Morgan fingerprint density at radius 3 is 2.44 bits per heavy atom. The second-order valence-electron chi connectivity index (χ2n) is 6.48. The largest absolute Gasteiger partial charge is 0.368 e. The Morgan fingerprint density at radius 1 is 0.960 bits per heavy atom. The van der Waals surface area contributed by atoms with Crippen molar-refractivity contribution in [2.24, 2.45) is 0 Å². The molecule has 0 spiro atoms. The molecule has 0 unspecified atom stereocenters. The van der Waals surface area contributed by atoms with E-state index in [0.717, 1.165) is 6.54 Å². The zero-order valence-electron chi connectivity index (χ0n) is 15.1. The molecule has 0 saturated carbocycles. The first kappa shape index (κ1) is 17.1. The van der Waals surface area contributed by atoms with E-state index < -0.39 is 0 Å². The SMILES string of the molecule is C[C@H](c1nc(N)nc(N(C)C)n1)N(C)Cc1cccc2ccccc12. The van der Waals surface area contributed by atoms with Gasteiger partial charge < -0.3 is 10.6 Å². The van der Waals surface area contributed by atoms with Crippen LogP contribution < -0.4 is 10.6 Å². The zero-order valence-corrected chi connectivity index (χ0v) is 15.1. The number of nitrogens with two attached hydrogens (primary N) is 1. The van der Waals surface area contributed by atoms with Crippen LogP contribution in [0.25, 0.3) is 10.8 Å². The summed E-state index contributed by atoms with van der Waals surface area (Å²) in [4.78, 5) is 17.1. The quantitative estimate of drug-likeness (QED) is 0.772. The van der Waals surface area contributed by atoms with Crippen LogP contribution in [-0.4, -0.2) is 41.0 Å². The molecule has 2 N–H and O–H groups in total. The second-order valence-corrected chi connectivity index (χ2v) is 6.48. The number of rotatable bonds is 5. The van der Waals surface area contributed by atoms with Gasteiger partial charge in [-0.25, -0.2) is 0 Å². The van der Waals surface area contributed by atoms with E-state index in [0.29, 0.717) is 11.8 Å². The van der Waals surface area contributed by atoms with Gasteiger partial charge in [0.15, 0.2) is 5.82 Å². The average molecular weight is 336 g/mol. The molecule has 0 aliphatic carbocycles. The van der Waals surface area contributed by atoms with E-state index in [2.05, 4.69) is 76.3 Å². The van der Waals surface area contributed by atoms with Crippen LogP contribution in [0.2, 0.25) is 0 Å². The van der Waals surface area contributed by atoms with Gasteiger partial charge in [-0.05, 0) is 30.3 Å². The number of nitrogen functional groups attached to an aromatic ring is 1. The molecule has 3 rings (SSSR count). The molecule has 6 nitrogen and oxygen atoms in total. The van der Waals surface area contributed by atoms with Crippen molar-refractivity contribution in [2.45, 2.75) is 19.5 Å². The summed E-state index contributed by atoms with van der Waals surface area (Å²) in [5, 5.41) is 2.52. The van der Waals surface area contributed by atoms with E-state index in [4.69, 9.17) is 5.73 Å². The third-order valence-corrected chi connectivity index (χ3v) is 4.39. The van der Waals surface area contributed by atoms with Crippen molar-refractivity contribution >= 4 is 22.7 Å². The van der Waals surface area contributed by atoms with Crippen LogP contribution in [0.5, 0.6) is 0 Å². The highest BCUT2D eigenvalue weighted by molar-refractivity contribution is 5.85. The molecular weight excluding hydrogens is 312 g/mol. The van der Waals surface area contributed by atoms with Crippen LogP contribution in [0.3, 0.4) is 0 Å². The maximum atomic E-state index is 5.85. The maximum absolute atomic E-state index is 5.85. The summed E-state index contributed by atoms with van der Waals surface area (Å²) in [6, 6.07) is 14.9. The molecule has 0 radical (unpaired) electrons. The van der Waals surface area contributed by atoms with E-state index in [-0.39, 0.29) is 12.0 Å². The maximum Gasteiger partial charge on any atom is 0.229 e. The fraction of sp³-hybridized carbons (Fsp3) is 0.316. The summed E-state index contributed by atoms with van der Waals surface area (Å²) in [6.45, 7) is 2.88. The highest BCUT2D eigenvalue weighted by Crippen LogP contribution is 2.24. The van der Waals surface area contributed by atoms with Gasteiger partial charge in [0.25, 0.3) is 0 Å². The summed E-state index contributed by atoms with van der Waals surface area (Å²) in [5.41, 5.74) is 7.13. The zero-order chi connectivity index (χ0) is 18.0. The number of aromatic nitrogens is 3. The minimum Gasteiger partial charge on any atom is -0.368 e. The molecule has 1 aromatic heterocycles. The van der Waals surface area contributed by atoms with Gasteiger partial charge in [-0.3, -0.25) is 4.90 Å². The van der Waals surface area contributed by atoms with Crippen molar-refractivity contribution in [3.63, 3.8) is 0 Å². The predicted molar refractivity (Wildman–Crippen MR) is 102 cm³/mol. The molecule has 25 heavy (non-hydrogen) atoms. The van der Waals surface area contributed by atoms with Gasteiger partial charge in [0.1, 0.15) is 0 Å². The molecule has 1 atom stereocenters. The Hall–Kier alpha value is -2.73. The third kappa shape index (κ3) is 3.69. The topological polar surface area (TPSA) is 71.2 Å². The Balaban J connectivity index is 1.86. The van der Waals surface area contributed by atoms with Crippen LogP contribution >= 0.6 is 0 Å². The van der Waals surface area contributed by atoms with Gasteiger partial charge >= 0.3 is 0 Å². The number of anilines is 2. The number of hydrogen-bond donors (Lipinski definition) is 1. The molecule has 0 fully saturated rings. The van der Waals surface area contributed by atoms with E-state index >= 15 is 0 Å². The van der Waals surface area contributed by atoms with E-state index in [1.165, 1.54) is 16.3 Å². The van der Waals surface area contributed by atoms with Crippen molar-refractivity contribution in [3.05, 3.63) is 53.9 Å². The van der Waals surface area contributed by atoms with E-state index in [9.17, 15) is 0 Å². The molecule has 6 heteroatoms. The number of nitrogens with zero attached hydrogens (tertiary/aromatic N) is 5. The number of benzene rings is 2. The smallest absolute Gasteiger partial charge is 0.229 e. The minimum atomic E-state index is 0.0166.